The highest BCUT2D eigenvalue weighted by Crippen LogP contribution is 2.58. The van der Waals surface area contributed by atoms with Gasteiger partial charge in [-0.15, -0.1) is 11.3 Å². The fourth-order valence-corrected chi connectivity index (χ4v) is 9.56. The van der Waals surface area contributed by atoms with Crippen molar-refractivity contribution in [1.29, 1.82) is 0 Å². The molecule has 6 bridgehead atoms. The number of benzene rings is 8. The molecule has 2 heteroatoms. The van der Waals surface area contributed by atoms with E-state index in [2.05, 4.69) is 169 Å². The summed E-state index contributed by atoms with van der Waals surface area (Å²) in [6, 6.07) is 60.8. The Morgan fingerprint density at radius 3 is 1.73 bits per heavy atom. The van der Waals surface area contributed by atoms with E-state index in [1.54, 1.807) is 0 Å². The first-order chi connectivity index (χ1) is 23.8. The number of nitrogens with zero attached hydrogens (tertiary/aromatic N) is 1. The molecule has 0 saturated carbocycles. The summed E-state index contributed by atoms with van der Waals surface area (Å²) in [6.45, 7) is 0. The Bertz CT molecular complexity index is 2770. The van der Waals surface area contributed by atoms with E-state index in [0.29, 0.717) is 0 Å². The lowest BCUT2D eigenvalue weighted by Crippen LogP contribution is -2.11. The number of fused-ring (bicyclic) bond motifs is 8. The second kappa shape index (κ2) is 9.78. The summed E-state index contributed by atoms with van der Waals surface area (Å²) < 4.78 is 2.61. The molecule has 0 aliphatic heterocycles. The van der Waals surface area contributed by atoms with Crippen LogP contribution < -0.4 is 4.90 Å². The van der Waals surface area contributed by atoms with Crippen LogP contribution in [0.2, 0.25) is 0 Å². The van der Waals surface area contributed by atoms with Crippen molar-refractivity contribution in [2.45, 2.75) is 0 Å². The maximum atomic E-state index is 2.50. The van der Waals surface area contributed by atoms with Crippen molar-refractivity contribution < 1.29 is 0 Å². The summed E-state index contributed by atoms with van der Waals surface area (Å²) in [5, 5.41) is 5.08. The van der Waals surface area contributed by atoms with Gasteiger partial charge in [-0.25, -0.2) is 0 Å². The zero-order valence-electron chi connectivity index (χ0n) is 25.9. The van der Waals surface area contributed by atoms with Crippen LogP contribution in [0.5, 0.6) is 0 Å². The highest BCUT2D eigenvalue weighted by molar-refractivity contribution is 7.26. The Balaban J connectivity index is 1.25. The highest BCUT2D eigenvalue weighted by Gasteiger charge is 2.31. The summed E-state index contributed by atoms with van der Waals surface area (Å²) in [4.78, 5) is 2.50. The van der Waals surface area contributed by atoms with Crippen molar-refractivity contribution in [1.82, 2.24) is 0 Å². The molecule has 9 aromatic rings. The van der Waals surface area contributed by atoms with Gasteiger partial charge in [0, 0.05) is 26.5 Å². The zero-order chi connectivity index (χ0) is 31.3. The number of hydrogen-bond acceptors (Lipinski definition) is 2. The molecule has 0 spiro atoms. The van der Waals surface area contributed by atoms with Gasteiger partial charge in [-0.2, -0.15) is 0 Å². The van der Waals surface area contributed by atoms with Crippen molar-refractivity contribution >= 4 is 59.3 Å². The topological polar surface area (TPSA) is 3.24 Å². The molecule has 1 aromatic heterocycles. The fraction of sp³-hybridized carbons (Fsp3) is 0. The molecule has 0 unspecified atom stereocenters. The largest absolute Gasteiger partial charge is 0.308 e. The van der Waals surface area contributed by atoms with Gasteiger partial charge in [-0.3, -0.25) is 0 Å². The van der Waals surface area contributed by atoms with Crippen LogP contribution in [0.3, 0.4) is 0 Å². The quantitative estimate of drug-likeness (QED) is 0.189. The van der Waals surface area contributed by atoms with Gasteiger partial charge in [-0.1, -0.05) is 133 Å². The molecule has 0 saturated heterocycles. The van der Waals surface area contributed by atoms with E-state index in [0.717, 1.165) is 5.69 Å². The monoisotopic (exact) mass is 625 g/mol. The van der Waals surface area contributed by atoms with Crippen LogP contribution >= 0.6 is 11.3 Å². The minimum absolute atomic E-state index is 1.15. The van der Waals surface area contributed by atoms with Crippen LogP contribution in [0.15, 0.2) is 164 Å². The number of anilines is 3. The van der Waals surface area contributed by atoms with Crippen LogP contribution in [0.4, 0.5) is 17.1 Å². The predicted octanol–water partition coefficient (Wildman–Crippen LogP) is 13.6. The van der Waals surface area contributed by atoms with Crippen molar-refractivity contribution in [3.05, 3.63) is 164 Å². The molecule has 8 aromatic carbocycles. The summed E-state index contributed by atoms with van der Waals surface area (Å²) in [6.07, 6.45) is 0. The molecule has 1 nitrogen and oxygen atoms in total. The lowest BCUT2D eigenvalue weighted by Gasteiger charge is -2.29. The maximum Gasteiger partial charge on any atom is 0.0640 e. The lowest BCUT2D eigenvalue weighted by atomic mass is 9.83. The number of rotatable bonds is 3. The van der Waals surface area contributed by atoms with Crippen LogP contribution in [-0.2, 0) is 0 Å². The highest BCUT2D eigenvalue weighted by atomic mass is 32.1. The zero-order valence-corrected chi connectivity index (χ0v) is 26.8. The average molecular weight is 626 g/mol. The first kappa shape index (κ1) is 26.1. The minimum atomic E-state index is 1.15. The second-order valence-electron chi connectivity index (χ2n) is 12.8. The smallest absolute Gasteiger partial charge is 0.0640 e. The molecular weight excluding hydrogens is 599 g/mol. The normalized spacial score (nSPS) is 12.2. The van der Waals surface area contributed by atoms with Gasteiger partial charge >= 0.3 is 0 Å². The first-order valence-electron chi connectivity index (χ1n) is 16.5. The van der Waals surface area contributed by atoms with Crippen molar-refractivity contribution in [2.75, 3.05) is 4.90 Å². The molecule has 222 valence electrons. The molecule has 11 rings (SSSR count). The lowest BCUT2D eigenvalue weighted by molar-refractivity contribution is 1.32. The number of hydrogen-bond donors (Lipinski definition) is 0. The van der Waals surface area contributed by atoms with Gasteiger partial charge in [0.1, 0.15) is 0 Å². The van der Waals surface area contributed by atoms with Gasteiger partial charge in [0.15, 0.2) is 0 Å². The van der Waals surface area contributed by atoms with E-state index < -0.39 is 0 Å². The average Bonchev–Trinajstić information content (AvgIpc) is 3.49. The molecule has 1 heterocycles. The predicted molar refractivity (Wildman–Crippen MR) is 206 cm³/mol. The summed E-state index contributed by atoms with van der Waals surface area (Å²) in [5.74, 6) is 0. The van der Waals surface area contributed by atoms with Crippen LogP contribution in [0, 0.1) is 0 Å². The molecular formula is C46H27NS. The maximum absolute atomic E-state index is 2.50. The summed E-state index contributed by atoms with van der Waals surface area (Å²) in [5.41, 5.74) is 16.6. The van der Waals surface area contributed by atoms with Crippen LogP contribution in [-0.4, -0.2) is 0 Å². The molecule has 2 aliphatic carbocycles. The fourth-order valence-electron chi connectivity index (χ4n) is 8.35. The third-order valence-corrected chi connectivity index (χ3v) is 11.6. The van der Waals surface area contributed by atoms with E-state index in [1.165, 1.54) is 98.0 Å². The summed E-state index contributed by atoms with van der Waals surface area (Å²) >= 11 is 1.88. The van der Waals surface area contributed by atoms with Gasteiger partial charge in [0.2, 0.25) is 0 Å². The standard InChI is InChI=1S/C46H27NS/c1-2-13-30-28(11-1)12-7-22-41(30)47(42-23-10-21-39-33-15-5-6-24-43(33)48-46(39)42)29-25-26-32-36-18-9-19-37-38-20-8-17-35(45(38)40(32)27-29)31-14-3-4-16-34(31)44(36)37/h1-27H. The minimum Gasteiger partial charge on any atom is -0.308 e. The summed E-state index contributed by atoms with van der Waals surface area (Å²) in [7, 11) is 0. The Hall–Kier alpha value is -5.96. The Kier molecular flexibility index (Phi) is 5.32. The van der Waals surface area contributed by atoms with Gasteiger partial charge in [0.25, 0.3) is 0 Å². The van der Waals surface area contributed by atoms with Gasteiger partial charge < -0.3 is 4.90 Å². The molecule has 0 amide bonds. The second-order valence-corrected chi connectivity index (χ2v) is 13.9. The van der Waals surface area contributed by atoms with E-state index in [1.807, 2.05) is 11.3 Å². The third-order valence-electron chi connectivity index (χ3n) is 10.4. The molecule has 48 heavy (non-hydrogen) atoms. The number of thiophene rings is 1. The molecule has 0 atom stereocenters. The third kappa shape index (κ3) is 3.50. The van der Waals surface area contributed by atoms with Crippen molar-refractivity contribution in [3.8, 4) is 55.6 Å². The van der Waals surface area contributed by atoms with E-state index in [9.17, 15) is 0 Å². The van der Waals surface area contributed by atoms with E-state index in [4.69, 9.17) is 0 Å². The molecule has 2 aliphatic rings. The molecule has 0 N–H and O–H groups in total. The van der Waals surface area contributed by atoms with Crippen molar-refractivity contribution in [3.63, 3.8) is 0 Å². The van der Waals surface area contributed by atoms with Crippen LogP contribution in [0.25, 0.3) is 86.6 Å². The van der Waals surface area contributed by atoms with Crippen LogP contribution in [0.1, 0.15) is 0 Å². The van der Waals surface area contributed by atoms with E-state index >= 15 is 0 Å². The van der Waals surface area contributed by atoms with Gasteiger partial charge in [-0.05, 0) is 91.4 Å². The molecule has 0 fully saturated rings. The SMILES string of the molecule is c1ccc2c(c1)-c1cccc3c1-c1cc(N(c4cccc5ccccc45)c4cccc5c4sc4ccccc45)ccc1-c1cccc-3c1-2. The Morgan fingerprint density at radius 2 is 0.896 bits per heavy atom. The Morgan fingerprint density at radius 1 is 0.354 bits per heavy atom. The van der Waals surface area contributed by atoms with E-state index in [-0.39, 0.29) is 0 Å². The van der Waals surface area contributed by atoms with Crippen molar-refractivity contribution in [2.24, 2.45) is 0 Å². The Labute approximate surface area is 282 Å². The molecule has 0 radical (unpaired) electrons. The first-order valence-corrected chi connectivity index (χ1v) is 17.3. The van der Waals surface area contributed by atoms with Gasteiger partial charge in [0.05, 0.1) is 16.1 Å².